The van der Waals surface area contributed by atoms with Crippen molar-refractivity contribution in [2.75, 3.05) is 11.9 Å². The van der Waals surface area contributed by atoms with Gasteiger partial charge in [0, 0.05) is 22.3 Å². The van der Waals surface area contributed by atoms with Crippen LogP contribution in [-0.2, 0) is 0 Å². The number of hydrogen-bond acceptors (Lipinski definition) is 3. The van der Waals surface area contributed by atoms with E-state index in [-0.39, 0.29) is 12.1 Å². The van der Waals surface area contributed by atoms with Crippen molar-refractivity contribution in [3.63, 3.8) is 0 Å². The SMILES string of the molecule is CC(C)(CO)Nc1ccnc2cc(Cl)ccc12. The number of hydrogen-bond donors (Lipinski definition) is 2. The van der Waals surface area contributed by atoms with Gasteiger partial charge in [0.1, 0.15) is 0 Å². The largest absolute Gasteiger partial charge is 0.394 e. The topological polar surface area (TPSA) is 45.1 Å². The molecule has 0 radical (unpaired) electrons. The summed E-state index contributed by atoms with van der Waals surface area (Å²) in [6.45, 7) is 3.94. The Morgan fingerprint density at radius 2 is 2.12 bits per heavy atom. The van der Waals surface area contributed by atoms with Crippen molar-refractivity contribution in [2.45, 2.75) is 19.4 Å². The number of benzene rings is 1. The summed E-state index contributed by atoms with van der Waals surface area (Å²) in [5, 5.41) is 14.2. The summed E-state index contributed by atoms with van der Waals surface area (Å²) < 4.78 is 0. The minimum Gasteiger partial charge on any atom is -0.394 e. The van der Waals surface area contributed by atoms with Gasteiger partial charge in [-0.3, -0.25) is 4.98 Å². The highest BCUT2D eigenvalue weighted by Gasteiger charge is 2.16. The van der Waals surface area contributed by atoms with E-state index in [2.05, 4.69) is 10.3 Å². The number of nitrogens with one attached hydrogen (secondary N) is 1. The number of aromatic nitrogens is 1. The number of rotatable bonds is 3. The third-order valence-corrected chi connectivity index (χ3v) is 2.81. The van der Waals surface area contributed by atoms with Crippen LogP contribution in [0.3, 0.4) is 0 Å². The molecule has 0 aliphatic heterocycles. The maximum atomic E-state index is 9.27. The lowest BCUT2D eigenvalue weighted by Gasteiger charge is -2.25. The Balaban J connectivity index is 2.48. The van der Waals surface area contributed by atoms with E-state index in [1.807, 2.05) is 38.1 Å². The Morgan fingerprint density at radius 1 is 1.35 bits per heavy atom. The molecule has 0 atom stereocenters. The average molecular weight is 251 g/mol. The zero-order valence-electron chi connectivity index (χ0n) is 9.87. The molecular weight excluding hydrogens is 236 g/mol. The molecule has 17 heavy (non-hydrogen) atoms. The van der Waals surface area contributed by atoms with E-state index >= 15 is 0 Å². The highest BCUT2D eigenvalue weighted by molar-refractivity contribution is 6.31. The van der Waals surface area contributed by atoms with E-state index < -0.39 is 0 Å². The molecule has 2 aromatic rings. The van der Waals surface area contributed by atoms with Gasteiger partial charge in [-0.2, -0.15) is 0 Å². The Morgan fingerprint density at radius 3 is 2.82 bits per heavy atom. The van der Waals surface area contributed by atoms with Gasteiger partial charge in [-0.15, -0.1) is 0 Å². The van der Waals surface area contributed by atoms with Crippen LogP contribution in [0, 0.1) is 0 Å². The molecule has 1 heterocycles. The first-order valence-corrected chi connectivity index (χ1v) is 5.83. The van der Waals surface area contributed by atoms with Gasteiger partial charge >= 0.3 is 0 Å². The van der Waals surface area contributed by atoms with Crippen molar-refractivity contribution < 1.29 is 5.11 Å². The van der Waals surface area contributed by atoms with Gasteiger partial charge in [-0.05, 0) is 38.1 Å². The average Bonchev–Trinajstić information content (AvgIpc) is 2.28. The standard InChI is InChI=1S/C13H15ClN2O/c1-13(2,8-17)16-11-5-6-15-12-7-9(14)3-4-10(11)12/h3-7,17H,8H2,1-2H3,(H,15,16). The van der Waals surface area contributed by atoms with E-state index in [4.69, 9.17) is 11.6 Å². The van der Waals surface area contributed by atoms with Crippen LogP contribution in [0.5, 0.6) is 0 Å². The molecule has 1 aromatic heterocycles. The summed E-state index contributed by atoms with van der Waals surface area (Å²) in [6, 6.07) is 7.49. The summed E-state index contributed by atoms with van der Waals surface area (Å²) in [6.07, 6.45) is 1.73. The molecule has 0 amide bonds. The molecule has 1 aromatic carbocycles. The molecule has 0 aliphatic rings. The van der Waals surface area contributed by atoms with E-state index in [0.29, 0.717) is 5.02 Å². The molecule has 4 heteroatoms. The molecule has 0 spiro atoms. The molecule has 3 nitrogen and oxygen atoms in total. The quantitative estimate of drug-likeness (QED) is 0.880. The van der Waals surface area contributed by atoms with Gasteiger partial charge in [-0.1, -0.05) is 11.6 Å². The fourth-order valence-corrected chi connectivity index (χ4v) is 1.80. The second-order valence-corrected chi connectivity index (χ2v) is 5.12. The van der Waals surface area contributed by atoms with Crippen LogP contribution in [0.15, 0.2) is 30.5 Å². The zero-order chi connectivity index (χ0) is 12.5. The third kappa shape index (κ3) is 2.68. The number of aliphatic hydroxyl groups is 1. The minimum atomic E-state index is -0.367. The number of anilines is 1. The van der Waals surface area contributed by atoms with Crippen LogP contribution in [0.2, 0.25) is 5.02 Å². The van der Waals surface area contributed by atoms with E-state index in [9.17, 15) is 5.11 Å². The van der Waals surface area contributed by atoms with Crippen LogP contribution >= 0.6 is 11.6 Å². The summed E-state index contributed by atoms with van der Waals surface area (Å²) in [7, 11) is 0. The van der Waals surface area contributed by atoms with Gasteiger partial charge in [0.25, 0.3) is 0 Å². The number of aliphatic hydroxyl groups excluding tert-OH is 1. The van der Waals surface area contributed by atoms with Crippen molar-refractivity contribution in [3.8, 4) is 0 Å². The van der Waals surface area contributed by atoms with Crippen LogP contribution in [0.25, 0.3) is 10.9 Å². The molecule has 0 fully saturated rings. The van der Waals surface area contributed by atoms with E-state index in [1.54, 1.807) is 6.20 Å². The first kappa shape index (κ1) is 12.1. The summed E-state index contributed by atoms with van der Waals surface area (Å²) >= 11 is 5.93. The first-order valence-electron chi connectivity index (χ1n) is 5.45. The second-order valence-electron chi connectivity index (χ2n) is 4.69. The van der Waals surface area contributed by atoms with Gasteiger partial charge < -0.3 is 10.4 Å². The zero-order valence-corrected chi connectivity index (χ0v) is 10.6. The molecule has 90 valence electrons. The fraction of sp³-hybridized carbons (Fsp3) is 0.308. The van der Waals surface area contributed by atoms with Gasteiger partial charge in [0.15, 0.2) is 0 Å². The van der Waals surface area contributed by atoms with Crippen LogP contribution in [0.1, 0.15) is 13.8 Å². The van der Waals surface area contributed by atoms with Gasteiger partial charge in [0.05, 0.1) is 17.7 Å². The molecule has 0 saturated carbocycles. The predicted molar refractivity (Wildman–Crippen MR) is 71.5 cm³/mol. The van der Waals surface area contributed by atoms with E-state index in [0.717, 1.165) is 16.6 Å². The molecule has 2 rings (SSSR count). The number of pyridine rings is 1. The summed E-state index contributed by atoms with van der Waals surface area (Å²) in [4.78, 5) is 4.27. The lowest BCUT2D eigenvalue weighted by molar-refractivity contribution is 0.234. The summed E-state index contributed by atoms with van der Waals surface area (Å²) in [5.41, 5.74) is 1.43. The highest BCUT2D eigenvalue weighted by atomic mass is 35.5. The molecule has 0 bridgehead atoms. The summed E-state index contributed by atoms with van der Waals surface area (Å²) in [5.74, 6) is 0. The highest BCUT2D eigenvalue weighted by Crippen LogP contribution is 2.26. The Bertz CT molecular complexity index is 540. The lowest BCUT2D eigenvalue weighted by Crippen LogP contribution is -2.34. The number of halogens is 1. The Kier molecular flexibility index (Phi) is 3.22. The second kappa shape index (κ2) is 4.51. The van der Waals surface area contributed by atoms with Crippen LogP contribution < -0.4 is 5.32 Å². The van der Waals surface area contributed by atoms with Crippen molar-refractivity contribution in [1.29, 1.82) is 0 Å². The Hall–Kier alpha value is -1.32. The van der Waals surface area contributed by atoms with Gasteiger partial charge in [0.2, 0.25) is 0 Å². The van der Waals surface area contributed by atoms with Crippen molar-refractivity contribution in [1.82, 2.24) is 4.98 Å². The molecule has 0 unspecified atom stereocenters. The number of fused-ring (bicyclic) bond motifs is 1. The third-order valence-electron chi connectivity index (χ3n) is 2.57. The maximum Gasteiger partial charge on any atom is 0.0737 e. The minimum absolute atomic E-state index is 0.0599. The number of nitrogens with zero attached hydrogens (tertiary/aromatic N) is 1. The predicted octanol–water partition coefficient (Wildman–Crippen LogP) is 3.07. The first-order chi connectivity index (χ1) is 8.02. The van der Waals surface area contributed by atoms with Crippen LogP contribution in [0.4, 0.5) is 5.69 Å². The molecule has 0 aliphatic carbocycles. The molecule has 0 saturated heterocycles. The van der Waals surface area contributed by atoms with Crippen molar-refractivity contribution >= 4 is 28.2 Å². The van der Waals surface area contributed by atoms with Crippen molar-refractivity contribution in [2.24, 2.45) is 0 Å². The maximum absolute atomic E-state index is 9.27. The Labute approximate surface area is 105 Å². The lowest BCUT2D eigenvalue weighted by atomic mass is 10.1. The van der Waals surface area contributed by atoms with Crippen LogP contribution in [-0.4, -0.2) is 22.2 Å². The molecular formula is C13H15ClN2O. The fourth-order valence-electron chi connectivity index (χ4n) is 1.63. The van der Waals surface area contributed by atoms with Gasteiger partial charge in [-0.25, -0.2) is 0 Å². The monoisotopic (exact) mass is 250 g/mol. The smallest absolute Gasteiger partial charge is 0.0737 e. The normalized spacial score (nSPS) is 11.8. The molecule has 2 N–H and O–H groups in total. The van der Waals surface area contributed by atoms with Crippen molar-refractivity contribution in [3.05, 3.63) is 35.5 Å². The van der Waals surface area contributed by atoms with E-state index in [1.165, 1.54) is 0 Å².